The third kappa shape index (κ3) is 4.15. The molecule has 1 aliphatic carbocycles. The van der Waals surface area contributed by atoms with Crippen LogP contribution in [0.2, 0.25) is 0 Å². The Morgan fingerprint density at radius 3 is 2.00 bits per heavy atom. The van der Waals surface area contributed by atoms with E-state index in [2.05, 4.69) is 12.1 Å². The molecule has 32 heavy (non-hydrogen) atoms. The molecule has 2 aromatic carbocycles. The lowest BCUT2D eigenvalue weighted by Crippen LogP contribution is -2.36. The molecular weight excluding hydrogens is 410 g/mol. The quantitative estimate of drug-likeness (QED) is 0.488. The number of hydrogen-bond acceptors (Lipinski definition) is 6. The number of fused-ring (bicyclic) bond motifs is 3. The van der Waals surface area contributed by atoms with Gasteiger partial charge in [0.25, 0.3) is 11.8 Å². The minimum atomic E-state index is -0.827. The maximum atomic E-state index is 12.6. The molecule has 0 saturated carbocycles. The first-order chi connectivity index (χ1) is 15.4. The molecule has 0 radical (unpaired) electrons. The van der Waals surface area contributed by atoms with Crippen LogP contribution in [0.25, 0.3) is 11.1 Å². The molecule has 0 unspecified atom stereocenters. The van der Waals surface area contributed by atoms with E-state index in [9.17, 15) is 19.2 Å². The van der Waals surface area contributed by atoms with Crippen LogP contribution in [-0.4, -0.2) is 35.4 Å². The second kappa shape index (κ2) is 8.94. The third-order valence-electron chi connectivity index (χ3n) is 6.05. The fourth-order valence-corrected chi connectivity index (χ4v) is 4.26. The average Bonchev–Trinajstić information content (AvgIpc) is 3.27. The number of carbonyl (C=O) groups is 4. The smallest absolute Gasteiger partial charge is 0.337 e. The molecule has 1 aliphatic heterocycles. The summed E-state index contributed by atoms with van der Waals surface area (Å²) in [7, 11) is 0. The molecule has 4 rings (SSSR count). The van der Waals surface area contributed by atoms with Crippen molar-refractivity contribution in [1.82, 2.24) is 5.06 Å². The van der Waals surface area contributed by atoms with Crippen LogP contribution in [-0.2, 0) is 28.8 Å². The summed E-state index contributed by atoms with van der Waals surface area (Å²) >= 11 is 0. The van der Waals surface area contributed by atoms with E-state index in [4.69, 9.17) is 9.57 Å². The van der Waals surface area contributed by atoms with Crippen LogP contribution in [0.1, 0.15) is 50.2 Å². The Morgan fingerprint density at radius 2 is 1.47 bits per heavy atom. The average molecular weight is 435 g/mol. The number of hydrogen-bond donors (Lipinski definition) is 0. The summed E-state index contributed by atoms with van der Waals surface area (Å²) in [5, 5.41) is 0.509. The van der Waals surface area contributed by atoms with Crippen molar-refractivity contribution < 1.29 is 28.8 Å². The van der Waals surface area contributed by atoms with E-state index in [0.717, 1.165) is 22.3 Å². The zero-order valence-electron chi connectivity index (χ0n) is 18.1. The van der Waals surface area contributed by atoms with Gasteiger partial charge in [-0.05, 0) is 28.2 Å². The maximum Gasteiger partial charge on any atom is 0.337 e. The van der Waals surface area contributed by atoms with Gasteiger partial charge in [0.15, 0.2) is 0 Å². The van der Waals surface area contributed by atoms with Gasteiger partial charge in [0, 0.05) is 18.8 Å². The van der Waals surface area contributed by atoms with E-state index in [1.807, 2.05) is 36.4 Å². The highest BCUT2D eigenvalue weighted by Crippen LogP contribution is 2.44. The lowest BCUT2D eigenvalue weighted by Gasteiger charge is -2.21. The molecule has 0 spiro atoms. The number of carbonyl (C=O) groups excluding carboxylic acids is 4. The van der Waals surface area contributed by atoms with Crippen molar-refractivity contribution in [1.29, 1.82) is 0 Å². The molecule has 2 aromatic rings. The molecule has 0 N–H and O–H groups in total. The number of imide groups is 1. The Kier molecular flexibility index (Phi) is 6.08. The summed E-state index contributed by atoms with van der Waals surface area (Å²) in [6.07, 6.45) is -0.154. The van der Waals surface area contributed by atoms with E-state index in [-0.39, 0.29) is 37.7 Å². The van der Waals surface area contributed by atoms with Crippen LogP contribution in [0.4, 0.5) is 0 Å². The fourth-order valence-electron chi connectivity index (χ4n) is 4.26. The van der Waals surface area contributed by atoms with Crippen LogP contribution in [0, 0.1) is 11.8 Å². The zero-order valence-corrected chi connectivity index (χ0v) is 18.1. The first kappa shape index (κ1) is 21.7. The normalized spacial score (nSPS) is 16.2. The second-order valence-electron chi connectivity index (χ2n) is 8.46. The molecule has 1 fully saturated rings. The number of nitrogens with zero attached hydrogens (tertiary/aromatic N) is 1. The molecule has 1 saturated heterocycles. The van der Waals surface area contributed by atoms with Gasteiger partial charge in [-0.2, -0.15) is 0 Å². The minimum absolute atomic E-state index is 0.0187. The monoisotopic (exact) mass is 435 g/mol. The van der Waals surface area contributed by atoms with E-state index in [0.29, 0.717) is 5.06 Å². The van der Waals surface area contributed by atoms with E-state index >= 15 is 0 Å². The van der Waals surface area contributed by atoms with Crippen LogP contribution in [0.5, 0.6) is 0 Å². The largest absolute Gasteiger partial charge is 0.465 e. The molecule has 1 atom stereocenters. The van der Waals surface area contributed by atoms with Crippen molar-refractivity contribution in [3.63, 3.8) is 0 Å². The molecule has 0 bridgehead atoms. The SMILES string of the molecule is CC(C)[C@H](CC(=O)OCC1c2ccccc2-c2ccccc21)C(=O)ON1C(=O)CCC1=O. The van der Waals surface area contributed by atoms with Crippen molar-refractivity contribution in [3.05, 3.63) is 59.7 Å². The van der Waals surface area contributed by atoms with Crippen LogP contribution in [0.15, 0.2) is 48.5 Å². The molecule has 2 amide bonds. The van der Waals surface area contributed by atoms with E-state index < -0.39 is 29.7 Å². The molecule has 2 aliphatic rings. The van der Waals surface area contributed by atoms with Crippen molar-refractivity contribution in [2.24, 2.45) is 11.8 Å². The highest BCUT2D eigenvalue weighted by Gasteiger charge is 2.37. The predicted molar refractivity (Wildman–Crippen MR) is 115 cm³/mol. The number of hydroxylamine groups is 2. The Bertz CT molecular complexity index is 1010. The second-order valence-corrected chi connectivity index (χ2v) is 8.46. The summed E-state index contributed by atoms with van der Waals surface area (Å²) in [5.74, 6) is -3.55. The van der Waals surface area contributed by atoms with Crippen molar-refractivity contribution in [3.8, 4) is 11.1 Å². The van der Waals surface area contributed by atoms with Crippen LogP contribution in [0.3, 0.4) is 0 Å². The predicted octanol–water partition coefficient (Wildman–Crippen LogP) is 3.61. The molecule has 1 heterocycles. The molecule has 0 aromatic heterocycles. The standard InChI is InChI=1S/C25H25NO6/c1-15(2)20(25(30)32-26-22(27)11-12-23(26)28)13-24(29)31-14-21-18-9-5-3-7-16(18)17-8-4-6-10-19(17)21/h3-10,15,20-21H,11-14H2,1-2H3/t20-/m0/s1. The number of benzene rings is 2. The Hall–Kier alpha value is -3.48. The van der Waals surface area contributed by atoms with Gasteiger partial charge in [0.2, 0.25) is 0 Å². The lowest BCUT2D eigenvalue weighted by atomic mass is 9.92. The maximum absolute atomic E-state index is 12.6. The van der Waals surface area contributed by atoms with E-state index in [1.165, 1.54) is 0 Å². The van der Waals surface area contributed by atoms with Gasteiger partial charge in [-0.3, -0.25) is 14.4 Å². The topological polar surface area (TPSA) is 90.0 Å². The summed E-state index contributed by atoms with van der Waals surface area (Å²) in [4.78, 5) is 53.7. The fraction of sp³-hybridized carbons (Fsp3) is 0.360. The first-order valence-corrected chi connectivity index (χ1v) is 10.8. The van der Waals surface area contributed by atoms with Gasteiger partial charge in [-0.25, -0.2) is 4.79 Å². The summed E-state index contributed by atoms with van der Waals surface area (Å²) in [5.41, 5.74) is 4.47. The van der Waals surface area contributed by atoms with Gasteiger partial charge >= 0.3 is 11.9 Å². The van der Waals surface area contributed by atoms with Gasteiger partial charge in [0.05, 0.1) is 12.3 Å². The summed E-state index contributed by atoms with van der Waals surface area (Å²) < 4.78 is 5.59. The first-order valence-electron chi connectivity index (χ1n) is 10.8. The van der Waals surface area contributed by atoms with Gasteiger partial charge < -0.3 is 9.57 Å². The number of rotatable bonds is 7. The summed E-state index contributed by atoms with van der Waals surface area (Å²) in [6.45, 7) is 3.71. The number of ether oxygens (including phenoxy) is 1. The highest BCUT2D eigenvalue weighted by molar-refractivity contribution is 6.01. The van der Waals surface area contributed by atoms with Gasteiger partial charge in [-0.15, -0.1) is 5.06 Å². The Labute approximate surface area is 186 Å². The lowest BCUT2D eigenvalue weighted by molar-refractivity contribution is -0.202. The van der Waals surface area contributed by atoms with Crippen molar-refractivity contribution in [2.75, 3.05) is 6.61 Å². The van der Waals surface area contributed by atoms with Crippen molar-refractivity contribution >= 4 is 23.8 Å². The molecule has 7 nitrogen and oxygen atoms in total. The molecule has 7 heteroatoms. The van der Waals surface area contributed by atoms with Gasteiger partial charge in [-0.1, -0.05) is 62.4 Å². The zero-order chi connectivity index (χ0) is 22.8. The van der Waals surface area contributed by atoms with Crippen LogP contribution >= 0.6 is 0 Å². The van der Waals surface area contributed by atoms with Crippen molar-refractivity contribution in [2.45, 2.75) is 39.0 Å². The number of amides is 2. The summed E-state index contributed by atoms with van der Waals surface area (Å²) in [6, 6.07) is 16.1. The highest BCUT2D eigenvalue weighted by atomic mass is 16.7. The minimum Gasteiger partial charge on any atom is -0.465 e. The third-order valence-corrected chi connectivity index (χ3v) is 6.05. The van der Waals surface area contributed by atoms with E-state index in [1.54, 1.807) is 13.8 Å². The molecular formula is C25H25NO6. The molecule has 166 valence electrons. The Morgan fingerprint density at radius 1 is 0.938 bits per heavy atom. The van der Waals surface area contributed by atoms with Gasteiger partial charge in [0.1, 0.15) is 6.61 Å². The number of esters is 1. The Balaban J connectivity index is 1.41. The van der Waals surface area contributed by atoms with Crippen LogP contribution < -0.4 is 0 Å².